The Labute approximate surface area is 156 Å². The number of benzene rings is 1. The third kappa shape index (κ3) is 3.32. The molecule has 0 saturated carbocycles. The summed E-state index contributed by atoms with van der Waals surface area (Å²) in [5.41, 5.74) is 4.55. The van der Waals surface area contributed by atoms with Gasteiger partial charge in [0.05, 0.1) is 10.7 Å². The van der Waals surface area contributed by atoms with Crippen molar-refractivity contribution < 1.29 is 4.39 Å². The summed E-state index contributed by atoms with van der Waals surface area (Å²) < 4.78 is 14.2. The molecule has 1 aliphatic heterocycles. The summed E-state index contributed by atoms with van der Waals surface area (Å²) in [6.07, 6.45) is 6.15. The average Bonchev–Trinajstić information content (AvgIpc) is 2.68. The zero-order valence-electron chi connectivity index (χ0n) is 14.4. The first-order valence-electron chi connectivity index (χ1n) is 8.53. The monoisotopic (exact) mass is 368 g/mol. The summed E-state index contributed by atoms with van der Waals surface area (Å²) in [6.45, 7) is 3.88. The number of hydrogen-bond donors (Lipinski definition) is 0. The van der Waals surface area contributed by atoms with Crippen LogP contribution in [0.2, 0.25) is 5.02 Å². The van der Waals surface area contributed by atoms with Gasteiger partial charge in [-0.25, -0.2) is 14.4 Å². The number of nitrogens with zero attached hydrogens (tertiary/aromatic N) is 4. The van der Waals surface area contributed by atoms with Crippen molar-refractivity contribution in [2.45, 2.75) is 26.4 Å². The Balaban J connectivity index is 1.55. The number of fused-ring (bicyclic) bond motifs is 1. The van der Waals surface area contributed by atoms with Gasteiger partial charge in [0.25, 0.3) is 0 Å². The molecule has 0 amide bonds. The van der Waals surface area contributed by atoms with Gasteiger partial charge in [0.1, 0.15) is 5.82 Å². The second-order valence-corrected chi connectivity index (χ2v) is 6.90. The molecule has 0 atom stereocenters. The van der Waals surface area contributed by atoms with Gasteiger partial charge in [-0.2, -0.15) is 0 Å². The zero-order valence-corrected chi connectivity index (χ0v) is 15.2. The molecule has 4 rings (SSSR count). The molecule has 3 heterocycles. The van der Waals surface area contributed by atoms with Crippen LogP contribution in [0.1, 0.15) is 22.4 Å². The molecule has 4 nitrogen and oxygen atoms in total. The molecule has 26 heavy (non-hydrogen) atoms. The van der Waals surface area contributed by atoms with Crippen LogP contribution in [-0.4, -0.2) is 26.4 Å². The molecule has 0 radical (unpaired) electrons. The van der Waals surface area contributed by atoms with Gasteiger partial charge in [0, 0.05) is 61.3 Å². The van der Waals surface area contributed by atoms with E-state index in [0.29, 0.717) is 29.5 Å². The van der Waals surface area contributed by atoms with E-state index in [9.17, 15) is 4.39 Å². The van der Waals surface area contributed by atoms with Crippen LogP contribution in [-0.2, 0) is 19.5 Å². The SMILES string of the molecule is Cc1ccc(F)c(CN2CCc3nc(-c4ccncc4)ncc3C2)c1Cl. The van der Waals surface area contributed by atoms with Gasteiger partial charge in [0.2, 0.25) is 0 Å². The minimum Gasteiger partial charge on any atom is -0.294 e. The van der Waals surface area contributed by atoms with Crippen LogP contribution >= 0.6 is 11.6 Å². The molecule has 3 aromatic rings. The van der Waals surface area contributed by atoms with Crippen LogP contribution in [0.5, 0.6) is 0 Å². The summed E-state index contributed by atoms with van der Waals surface area (Å²) in [4.78, 5) is 15.4. The maximum atomic E-state index is 14.2. The average molecular weight is 369 g/mol. The lowest BCUT2D eigenvalue weighted by molar-refractivity contribution is 0.239. The van der Waals surface area contributed by atoms with Gasteiger partial charge in [0.15, 0.2) is 5.82 Å². The standard InChI is InChI=1S/C20H18ClFN4/c1-13-2-3-17(22)16(19(13)21)12-26-9-6-18-15(11-26)10-24-20(25-18)14-4-7-23-8-5-14/h2-5,7-8,10H,6,9,11-12H2,1H3. The third-order valence-corrected chi connectivity index (χ3v) is 5.24. The predicted octanol–water partition coefficient (Wildman–Crippen LogP) is 4.20. The molecule has 0 saturated heterocycles. The highest BCUT2D eigenvalue weighted by Crippen LogP contribution is 2.27. The highest BCUT2D eigenvalue weighted by atomic mass is 35.5. The summed E-state index contributed by atoms with van der Waals surface area (Å²) in [7, 11) is 0. The fraction of sp³-hybridized carbons (Fsp3) is 0.250. The van der Waals surface area contributed by atoms with Crippen molar-refractivity contribution in [2.24, 2.45) is 0 Å². The molecule has 2 aromatic heterocycles. The normalized spacial score (nSPS) is 14.3. The Morgan fingerprint density at radius 2 is 2.00 bits per heavy atom. The second-order valence-electron chi connectivity index (χ2n) is 6.52. The molecular formula is C20H18ClFN4. The van der Waals surface area contributed by atoms with Crippen LogP contribution in [0.15, 0.2) is 42.9 Å². The van der Waals surface area contributed by atoms with Crippen molar-refractivity contribution in [3.05, 3.63) is 76.1 Å². The van der Waals surface area contributed by atoms with E-state index in [2.05, 4.69) is 14.9 Å². The molecule has 0 unspecified atom stereocenters. The van der Waals surface area contributed by atoms with Crippen LogP contribution in [0, 0.1) is 12.7 Å². The van der Waals surface area contributed by atoms with Gasteiger partial charge in [-0.05, 0) is 30.7 Å². The minimum absolute atomic E-state index is 0.254. The highest BCUT2D eigenvalue weighted by Gasteiger charge is 2.21. The first-order chi connectivity index (χ1) is 12.6. The summed E-state index contributed by atoms with van der Waals surface area (Å²) in [5.74, 6) is 0.461. The first-order valence-corrected chi connectivity index (χ1v) is 8.90. The quantitative estimate of drug-likeness (QED) is 0.695. The molecule has 0 N–H and O–H groups in total. The smallest absolute Gasteiger partial charge is 0.159 e. The van der Waals surface area contributed by atoms with E-state index in [-0.39, 0.29) is 5.82 Å². The summed E-state index contributed by atoms with van der Waals surface area (Å²) in [5, 5.41) is 0.514. The minimum atomic E-state index is -0.254. The van der Waals surface area contributed by atoms with Crippen LogP contribution in [0.3, 0.4) is 0 Å². The second kappa shape index (κ2) is 7.09. The molecule has 0 bridgehead atoms. The lowest BCUT2D eigenvalue weighted by Crippen LogP contribution is -2.31. The van der Waals surface area contributed by atoms with E-state index in [1.807, 2.05) is 25.3 Å². The molecule has 1 aromatic carbocycles. The molecule has 1 aliphatic rings. The largest absolute Gasteiger partial charge is 0.294 e. The summed E-state index contributed by atoms with van der Waals surface area (Å²) in [6, 6.07) is 7.00. The number of aromatic nitrogens is 3. The van der Waals surface area contributed by atoms with E-state index in [4.69, 9.17) is 16.6 Å². The van der Waals surface area contributed by atoms with E-state index < -0.39 is 0 Å². The number of aryl methyl sites for hydroxylation is 1. The molecule has 6 heteroatoms. The Kier molecular flexibility index (Phi) is 4.66. The van der Waals surface area contributed by atoms with Gasteiger partial charge in [-0.3, -0.25) is 9.88 Å². The lowest BCUT2D eigenvalue weighted by atomic mass is 10.0. The van der Waals surface area contributed by atoms with E-state index in [1.165, 1.54) is 6.07 Å². The number of rotatable bonds is 3. The first kappa shape index (κ1) is 17.1. The van der Waals surface area contributed by atoms with Crippen molar-refractivity contribution in [2.75, 3.05) is 6.54 Å². The third-order valence-electron chi connectivity index (χ3n) is 4.71. The van der Waals surface area contributed by atoms with Crippen molar-refractivity contribution in [3.8, 4) is 11.4 Å². The van der Waals surface area contributed by atoms with Crippen LogP contribution in [0.4, 0.5) is 4.39 Å². The number of pyridine rings is 1. The maximum Gasteiger partial charge on any atom is 0.159 e. The Bertz CT molecular complexity index is 946. The molecule has 132 valence electrons. The van der Waals surface area contributed by atoms with Crippen molar-refractivity contribution in [3.63, 3.8) is 0 Å². The Morgan fingerprint density at radius 3 is 2.81 bits per heavy atom. The van der Waals surface area contributed by atoms with Gasteiger partial charge in [-0.15, -0.1) is 0 Å². The van der Waals surface area contributed by atoms with Crippen LogP contribution in [0.25, 0.3) is 11.4 Å². The van der Waals surface area contributed by atoms with E-state index >= 15 is 0 Å². The Morgan fingerprint density at radius 1 is 1.19 bits per heavy atom. The number of hydrogen-bond acceptors (Lipinski definition) is 4. The molecular weight excluding hydrogens is 351 g/mol. The fourth-order valence-corrected chi connectivity index (χ4v) is 3.45. The van der Waals surface area contributed by atoms with Gasteiger partial charge in [-0.1, -0.05) is 17.7 Å². The molecule has 0 spiro atoms. The lowest BCUT2D eigenvalue weighted by Gasteiger charge is -2.28. The van der Waals surface area contributed by atoms with Crippen molar-refractivity contribution >= 4 is 11.6 Å². The maximum absolute atomic E-state index is 14.2. The van der Waals surface area contributed by atoms with Crippen molar-refractivity contribution in [1.29, 1.82) is 0 Å². The van der Waals surface area contributed by atoms with Gasteiger partial charge >= 0.3 is 0 Å². The van der Waals surface area contributed by atoms with E-state index in [1.54, 1.807) is 18.5 Å². The number of halogens is 2. The highest BCUT2D eigenvalue weighted by molar-refractivity contribution is 6.32. The van der Waals surface area contributed by atoms with Gasteiger partial charge < -0.3 is 0 Å². The van der Waals surface area contributed by atoms with E-state index in [0.717, 1.165) is 35.3 Å². The fourth-order valence-electron chi connectivity index (χ4n) is 3.23. The van der Waals surface area contributed by atoms with Crippen LogP contribution < -0.4 is 0 Å². The molecule has 0 aliphatic carbocycles. The summed E-state index contributed by atoms with van der Waals surface area (Å²) >= 11 is 6.31. The predicted molar refractivity (Wildman–Crippen MR) is 99.2 cm³/mol. The zero-order chi connectivity index (χ0) is 18.1. The van der Waals surface area contributed by atoms with Crippen molar-refractivity contribution in [1.82, 2.24) is 19.9 Å². The molecule has 0 fully saturated rings. The Hall–Kier alpha value is -2.37. The topological polar surface area (TPSA) is 41.9 Å².